The lowest BCUT2D eigenvalue weighted by atomic mass is 9.97. The maximum Gasteiger partial charge on any atom is 0.257 e. The molecule has 0 spiro atoms. The number of carbonyl (C=O) groups excluding carboxylic acids is 1. The van der Waals surface area contributed by atoms with Crippen molar-refractivity contribution in [2.45, 2.75) is 26.3 Å². The summed E-state index contributed by atoms with van der Waals surface area (Å²) in [6, 6.07) is 10.9. The van der Waals surface area contributed by atoms with Crippen LogP contribution in [-0.4, -0.2) is 34.0 Å². The fourth-order valence-corrected chi connectivity index (χ4v) is 3.57. The van der Waals surface area contributed by atoms with Crippen molar-refractivity contribution in [3.05, 3.63) is 65.5 Å². The summed E-state index contributed by atoms with van der Waals surface area (Å²) in [5, 5.41) is 6.62. The van der Waals surface area contributed by atoms with Gasteiger partial charge in [0.05, 0.1) is 18.2 Å². The van der Waals surface area contributed by atoms with Crippen LogP contribution in [-0.2, 0) is 11.3 Å². The van der Waals surface area contributed by atoms with Gasteiger partial charge in [-0.05, 0) is 50.6 Å². The van der Waals surface area contributed by atoms with Gasteiger partial charge < -0.3 is 9.84 Å². The van der Waals surface area contributed by atoms with Crippen LogP contribution in [0.3, 0.4) is 0 Å². The average molecular weight is 412 g/mol. The van der Waals surface area contributed by atoms with Gasteiger partial charge in [0.2, 0.25) is 5.91 Å². The van der Waals surface area contributed by atoms with Crippen molar-refractivity contribution in [2.75, 3.05) is 18.4 Å². The molecule has 8 heteroatoms. The highest BCUT2D eigenvalue weighted by molar-refractivity contribution is 5.92. The molecule has 1 amide bonds. The Morgan fingerprint density at radius 3 is 2.80 bits per heavy atom. The second-order valence-electron chi connectivity index (χ2n) is 7.57. The molecule has 0 aliphatic carbocycles. The molecular weight excluding hydrogens is 390 g/mol. The van der Waals surface area contributed by atoms with Gasteiger partial charge in [0.1, 0.15) is 11.6 Å². The van der Waals surface area contributed by atoms with Crippen LogP contribution in [0.1, 0.15) is 24.2 Å². The van der Waals surface area contributed by atoms with Crippen molar-refractivity contribution in [1.82, 2.24) is 15.0 Å². The summed E-state index contributed by atoms with van der Waals surface area (Å²) in [5.41, 5.74) is 1.99. The molecule has 156 valence electrons. The molecule has 30 heavy (non-hydrogen) atoms. The van der Waals surface area contributed by atoms with Crippen molar-refractivity contribution in [3.63, 3.8) is 0 Å². The number of piperidine rings is 1. The zero-order valence-corrected chi connectivity index (χ0v) is 16.6. The lowest BCUT2D eigenvalue weighted by Crippen LogP contribution is -2.40. The summed E-state index contributed by atoms with van der Waals surface area (Å²) >= 11 is 0. The number of carbonyl (C=O) groups is 1. The first-order valence-corrected chi connectivity index (χ1v) is 9.86. The molecule has 1 unspecified atom stereocenters. The Hall–Kier alpha value is -3.13. The van der Waals surface area contributed by atoms with Crippen LogP contribution in [0.4, 0.5) is 14.5 Å². The number of nitrogens with one attached hydrogen (secondary N) is 1. The van der Waals surface area contributed by atoms with Gasteiger partial charge in [0.25, 0.3) is 5.89 Å². The van der Waals surface area contributed by atoms with Gasteiger partial charge in [0, 0.05) is 18.2 Å². The molecule has 1 aromatic heterocycles. The third-order valence-corrected chi connectivity index (χ3v) is 5.20. The van der Waals surface area contributed by atoms with E-state index in [2.05, 4.69) is 20.4 Å². The van der Waals surface area contributed by atoms with E-state index in [1.807, 2.05) is 31.2 Å². The van der Waals surface area contributed by atoms with E-state index in [-0.39, 0.29) is 17.5 Å². The van der Waals surface area contributed by atoms with E-state index in [0.29, 0.717) is 31.2 Å². The number of hydrogen-bond acceptors (Lipinski definition) is 5. The van der Waals surface area contributed by atoms with Gasteiger partial charge in [-0.2, -0.15) is 4.98 Å². The average Bonchev–Trinajstić information content (AvgIpc) is 3.19. The minimum atomic E-state index is -0.786. The van der Waals surface area contributed by atoms with Crippen LogP contribution < -0.4 is 5.32 Å². The highest BCUT2D eigenvalue weighted by Crippen LogP contribution is 2.23. The van der Waals surface area contributed by atoms with Crippen LogP contribution in [0.5, 0.6) is 0 Å². The largest absolute Gasteiger partial charge is 0.334 e. The Balaban J connectivity index is 1.37. The molecule has 0 bridgehead atoms. The Morgan fingerprint density at radius 2 is 2.03 bits per heavy atom. The van der Waals surface area contributed by atoms with E-state index in [0.717, 1.165) is 36.2 Å². The van der Waals surface area contributed by atoms with Gasteiger partial charge >= 0.3 is 0 Å². The van der Waals surface area contributed by atoms with E-state index in [4.69, 9.17) is 4.52 Å². The molecule has 4 rings (SSSR count). The maximum atomic E-state index is 13.8. The summed E-state index contributed by atoms with van der Waals surface area (Å²) in [5.74, 6) is -1.03. The minimum absolute atomic E-state index is 0.0144. The van der Waals surface area contributed by atoms with Crippen LogP contribution in [0.25, 0.3) is 11.5 Å². The fourth-order valence-electron chi connectivity index (χ4n) is 3.57. The maximum absolute atomic E-state index is 13.8. The number of rotatable bonds is 5. The molecular formula is C22H22F2N4O2. The number of halogens is 2. The molecule has 2 aromatic carbocycles. The van der Waals surface area contributed by atoms with E-state index < -0.39 is 11.6 Å². The second-order valence-corrected chi connectivity index (χ2v) is 7.57. The molecule has 1 N–H and O–H groups in total. The van der Waals surface area contributed by atoms with Crippen LogP contribution in [0.15, 0.2) is 47.0 Å². The third-order valence-electron chi connectivity index (χ3n) is 5.20. The van der Waals surface area contributed by atoms with Crippen LogP contribution in [0, 0.1) is 24.5 Å². The SMILES string of the molecule is Cc1ccc(-c2nc(CN3CCCC(C(=O)Nc4ccc(F)cc4F)C3)no2)cc1. The number of hydrogen-bond donors (Lipinski definition) is 1. The Bertz CT molecular complexity index is 1040. The first-order valence-electron chi connectivity index (χ1n) is 9.86. The monoisotopic (exact) mass is 412 g/mol. The van der Waals surface area contributed by atoms with Crippen LogP contribution in [0.2, 0.25) is 0 Å². The molecule has 1 aliphatic heterocycles. The van der Waals surface area contributed by atoms with E-state index in [9.17, 15) is 13.6 Å². The topological polar surface area (TPSA) is 71.3 Å². The quantitative estimate of drug-likeness (QED) is 0.681. The number of amides is 1. The standard InChI is InChI=1S/C22H22F2N4O2/c1-14-4-6-15(7-5-14)22-26-20(27-30-22)13-28-10-2-3-16(12-28)21(29)25-19-9-8-17(23)11-18(19)24/h4-9,11,16H,2-3,10,12-13H2,1H3,(H,25,29). The summed E-state index contributed by atoms with van der Waals surface area (Å²) in [6.45, 7) is 3.78. The Kier molecular flexibility index (Phi) is 5.85. The van der Waals surface area contributed by atoms with Crippen LogP contribution >= 0.6 is 0 Å². The third kappa shape index (κ3) is 4.71. The molecule has 0 saturated carbocycles. The normalized spacial score (nSPS) is 17.1. The number of benzene rings is 2. The molecule has 1 saturated heterocycles. The first-order chi connectivity index (χ1) is 14.5. The summed E-state index contributed by atoms with van der Waals surface area (Å²) in [4.78, 5) is 19.1. The van der Waals surface area contributed by atoms with Gasteiger partial charge in [0.15, 0.2) is 5.82 Å². The summed E-state index contributed by atoms with van der Waals surface area (Å²) in [7, 11) is 0. The lowest BCUT2D eigenvalue weighted by molar-refractivity contribution is -0.121. The van der Waals surface area contributed by atoms with Gasteiger partial charge in [-0.25, -0.2) is 8.78 Å². The van der Waals surface area contributed by atoms with Gasteiger partial charge in [-0.15, -0.1) is 0 Å². The smallest absolute Gasteiger partial charge is 0.257 e. The zero-order valence-electron chi connectivity index (χ0n) is 16.6. The van der Waals surface area contributed by atoms with Crippen molar-refractivity contribution >= 4 is 11.6 Å². The molecule has 1 aliphatic rings. The lowest BCUT2D eigenvalue weighted by Gasteiger charge is -2.31. The van der Waals surface area contributed by atoms with E-state index in [1.54, 1.807) is 0 Å². The molecule has 2 heterocycles. The second kappa shape index (κ2) is 8.71. The highest BCUT2D eigenvalue weighted by Gasteiger charge is 2.27. The predicted molar refractivity (Wildman–Crippen MR) is 107 cm³/mol. The Morgan fingerprint density at radius 1 is 1.23 bits per heavy atom. The van der Waals surface area contributed by atoms with Gasteiger partial charge in [-0.3, -0.25) is 9.69 Å². The number of likely N-dealkylation sites (tertiary alicyclic amines) is 1. The first kappa shape index (κ1) is 20.2. The van der Waals surface area contributed by atoms with Crippen molar-refractivity contribution in [3.8, 4) is 11.5 Å². The molecule has 0 radical (unpaired) electrons. The zero-order chi connectivity index (χ0) is 21.1. The van der Waals surface area contributed by atoms with Crippen molar-refractivity contribution in [1.29, 1.82) is 0 Å². The Labute approximate surface area is 172 Å². The van der Waals surface area contributed by atoms with E-state index >= 15 is 0 Å². The van der Waals surface area contributed by atoms with Crippen molar-refractivity contribution in [2.24, 2.45) is 5.92 Å². The molecule has 1 fully saturated rings. The number of anilines is 1. The number of aryl methyl sites for hydroxylation is 1. The predicted octanol–water partition coefficient (Wildman–Crippen LogP) is 4.17. The molecule has 6 nitrogen and oxygen atoms in total. The van der Waals surface area contributed by atoms with Crippen molar-refractivity contribution < 1.29 is 18.1 Å². The number of nitrogens with zero attached hydrogens (tertiary/aromatic N) is 3. The molecule has 3 aromatic rings. The summed E-state index contributed by atoms with van der Waals surface area (Å²) in [6.07, 6.45) is 1.53. The highest BCUT2D eigenvalue weighted by atomic mass is 19.1. The summed E-state index contributed by atoms with van der Waals surface area (Å²) < 4.78 is 32.2. The van der Waals surface area contributed by atoms with E-state index in [1.165, 1.54) is 6.07 Å². The molecule has 1 atom stereocenters. The fraction of sp³-hybridized carbons (Fsp3) is 0.318. The number of aromatic nitrogens is 2. The van der Waals surface area contributed by atoms with Gasteiger partial charge in [-0.1, -0.05) is 22.9 Å². The minimum Gasteiger partial charge on any atom is -0.334 e.